The van der Waals surface area contributed by atoms with Crippen LogP contribution >= 0.6 is 23.4 Å². The lowest BCUT2D eigenvalue weighted by Gasteiger charge is -2.09. The number of rotatable bonds is 6. The number of benzene rings is 2. The van der Waals surface area contributed by atoms with Crippen molar-refractivity contribution in [2.75, 3.05) is 12.9 Å². The normalized spacial score (nSPS) is 10.4. The first-order valence-corrected chi connectivity index (χ1v) is 9.58. The Kier molecular flexibility index (Phi) is 6.57. The molecule has 3 aromatic rings. The second kappa shape index (κ2) is 9.29. The molecule has 3 rings (SSSR count). The van der Waals surface area contributed by atoms with E-state index in [4.69, 9.17) is 16.3 Å². The summed E-state index contributed by atoms with van der Waals surface area (Å²) in [5.41, 5.74) is 6.05. The van der Waals surface area contributed by atoms with Crippen LogP contribution in [0.3, 0.4) is 0 Å². The number of methoxy groups -OCH3 is 1. The third-order valence-electron chi connectivity index (χ3n) is 3.71. The van der Waals surface area contributed by atoms with Gasteiger partial charge in [0.1, 0.15) is 5.75 Å². The average molecular weight is 417 g/mol. The average Bonchev–Trinajstić information content (AvgIpc) is 3.19. The van der Waals surface area contributed by atoms with Gasteiger partial charge in [0.25, 0.3) is 5.91 Å². The van der Waals surface area contributed by atoms with Crippen LogP contribution in [0.25, 0.3) is 5.69 Å². The Morgan fingerprint density at radius 1 is 1.11 bits per heavy atom. The number of carbonyl (C=O) groups is 2. The van der Waals surface area contributed by atoms with Gasteiger partial charge in [-0.2, -0.15) is 0 Å². The Morgan fingerprint density at radius 3 is 2.50 bits per heavy atom. The Morgan fingerprint density at radius 2 is 1.82 bits per heavy atom. The molecule has 0 atom stereocenters. The minimum absolute atomic E-state index is 0.0913. The summed E-state index contributed by atoms with van der Waals surface area (Å²) in [6.07, 6.45) is 3.47. The zero-order valence-corrected chi connectivity index (χ0v) is 16.5. The lowest BCUT2D eigenvalue weighted by Crippen LogP contribution is -2.42. The van der Waals surface area contributed by atoms with Crippen LogP contribution in [0.15, 0.2) is 66.1 Å². The molecule has 0 unspecified atom stereocenters. The van der Waals surface area contributed by atoms with Crippen molar-refractivity contribution in [3.8, 4) is 11.4 Å². The molecule has 0 aliphatic heterocycles. The molecule has 1 aromatic heterocycles. The van der Waals surface area contributed by atoms with Crippen LogP contribution < -0.4 is 15.6 Å². The smallest absolute Gasteiger partial charge is 0.269 e. The zero-order chi connectivity index (χ0) is 19.9. The molecule has 28 heavy (non-hydrogen) atoms. The molecule has 2 aromatic carbocycles. The number of nitrogens with one attached hydrogen (secondary N) is 2. The number of halogens is 1. The van der Waals surface area contributed by atoms with Gasteiger partial charge in [-0.3, -0.25) is 25.0 Å². The van der Waals surface area contributed by atoms with E-state index in [9.17, 15) is 9.59 Å². The topological polar surface area (TPSA) is 85.2 Å². The molecule has 9 heteroatoms. The van der Waals surface area contributed by atoms with E-state index in [1.54, 1.807) is 37.6 Å². The van der Waals surface area contributed by atoms with Gasteiger partial charge >= 0.3 is 0 Å². The quantitative estimate of drug-likeness (QED) is 0.476. The summed E-state index contributed by atoms with van der Waals surface area (Å²) in [5.74, 6) is 0.0776. The van der Waals surface area contributed by atoms with Crippen LogP contribution in [-0.2, 0) is 4.79 Å². The fourth-order valence-corrected chi connectivity index (χ4v) is 3.20. The fourth-order valence-electron chi connectivity index (χ4n) is 2.30. The Bertz CT molecular complexity index is 958. The molecule has 0 fully saturated rings. The fraction of sp³-hybridized carbons (Fsp3) is 0.105. The molecule has 2 N–H and O–H groups in total. The molecular weight excluding hydrogens is 400 g/mol. The van der Waals surface area contributed by atoms with Crippen LogP contribution in [0.4, 0.5) is 0 Å². The highest BCUT2D eigenvalue weighted by Crippen LogP contribution is 2.22. The van der Waals surface area contributed by atoms with Crippen molar-refractivity contribution in [2.24, 2.45) is 0 Å². The number of amides is 2. The molecule has 0 saturated carbocycles. The van der Waals surface area contributed by atoms with E-state index < -0.39 is 5.91 Å². The Balaban J connectivity index is 1.53. The van der Waals surface area contributed by atoms with Gasteiger partial charge in [-0.05, 0) is 48.5 Å². The lowest BCUT2D eigenvalue weighted by molar-refractivity contribution is -0.119. The summed E-state index contributed by atoms with van der Waals surface area (Å²) in [4.78, 5) is 28.3. The second-order valence-corrected chi connectivity index (χ2v) is 6.95. The lowest BCUT2D eigenvalue weighted by atomic mass is 10.2. The van der Waals surface area contributed by atoms with Crippen LogP contribution in [0.1, 0.15) is 10.4 Å². The van der Waals surface area contributed by atoms with E-state index >= 15 is 0 Å². The number of carbonyl (C=O) groups excluding carboxylic acids is 2. The van der Waals surface area contributed by atoms with Gasteiger partial charge in [-0.25, -0.2) is 4.98 Å². The summed E-state index contributed by atoms with van der Waals surface area (Å²) in [6, 6.07) is 13.9. The van der Waals surface area contributed by atoms with Crippen LogP contribution in [0.5, 0.6) is 5.75 Å². The highest BCUT2D eigenvalue weighted by atomic mass is 35.5. The first-order valence-electron chi connectivity index (χ1n) is 8.22. The van der Waals surface area contributed by atoms with E-state index in [0.717, 1.165) is 11.4 Å². The minimum Gasteiger partial charge on any atom is -0.497 e. The van der Waals surface area contributed by atoms with Crippen molar-refractivity contribution in [2.45, 2.75) is 5.16 Å². The molecule has 1 heterocycles. The molecule has 2 amide bonds. The molecule has 0 bridgehead atoms. The first-order chi connectivity index (χ1) is 13.6. The molecule has 0 aliphatic rings. The number of hydrogen-bond donors (Lipinski definition) is 2. The number of aromatic nitrogens is 2. The number of hydrazine groups is 1. The van der Waals surface area contributed by atoms with Gasteiger partial charge in [-0.1, -0.05) is 23.4 Å². The maximum absolute atomic E-state index is 12.0. The van der Waals surface area contributed by atoms with E-state index in [1.807, 2.05) is 35.0 Å². The largest absolute Gasteiger partial charge is 0.497 e. The summed E-state index contributed by atoms with van der Waals surface area (Å²) in [7, 11) is 1.61. The van der Waals surface area contributed by atoms with Crippen molar-refractivity contribution in [3.63, 3.8) is 0 Å². The Hall–Kier alpha value is -2.97. The zero-order valence-electron chi connectivity index (χ0n) is 14.9. The molecule has 0 saturated heterocycles. The maximum atomic E-state index is 12.0. The van der Waals surface area contributed by atoms with Crippen molar-refractivity contribution < 1.29 is 14.3 Å². The molecule has 7 nitrogen and oxygen atoms in total. The van der Waals surface area contributed by atoms with Crippen molar-refractivity contribution in [1.82, 2.24) is 20.4 Å². The maximum Gasteiger partial charge on any atom is 0.269 e. The second-order valence-electron chi connectivity index (χ2n) is 5.58. The predicted octanol–water partition coefficient (Wildman–Crippen LogP) is 3.09. The first kappa shape index (κ1) is 19.8. The number of hydrogen-bond acceptors (Lipinski definition) is 5. The van der Waals surface area contributed by atoms with E-state index in [0.29, 0.717) is 15.7 Å². The highest BCUT2D eigenvalue weighted by molar-refractivity contribution is 7.99. The molecule has 144 valence electrons. The number of thioether (sulfide) groups is 1. The van der Waals surface area contributed by atoms with Crippen molar-refractivity contribution >= 4 is 35.2 Å². The van der Waals surface area contributed by atoms with Gasteiger partial charge in [0.2, 0.25) is 5.91 Å². The van der Waals surface area contributed by atoms with Gasteiger partial charge in [0.15, 0.2) is 5.16 Å². The summed E-state index contributed by atoms with van der Waals surface area (Å²) in [5, 5.41) is 1.19. The van der Waals surface area contributed by atoms with Gasteiger partial charge in [0.05, 0.1) is 12.9 Å². The third-order valence-corrected chi connectivity index (χ3v) is 4.93. The predicted molar refractivity (Wildman–Crippen MR) is 108 cm³/mol. The number of ether oxygens (including phenoxy) is 1. The van der Waals surface area contributed by atoms with Gasteiger partial charge in [0, 0.05) is 28.7 Å². The number of imidazole rings is 1. The number of nitrogens with zero attached hydrogens (tertiary/aromatic N) is 2. The summed E-state index contributed by atoms with van der Waals surface area (Å²) in [6.45, 7) is 0. The van der Waals surface area contributed by atoms with E-state index in [2.05, 4.69) is 15.8 Å². The third kappa shape index (κ3) is 5.05. The van der Waals surface area contributed by atoms with Gasteiger partial charge in [-0.15, -0.1) is 0 Å². The highest BCUT2D eigenvalue weighted by Gasteiger charge is 2.11. The molecule has 0 spiro atoms. The van der Waals surface area contributed by atoms with Gasteiger partial charge < -0.3 is 4.74 Å². The molecular formula is C19H17ClN4O3S. The Labute approximate surface area is 171 Å². The van der Waals surface area contributed by atoms with Crippen molar-refractivity contribution in [3.05, 3.63) is 71.5 Å². The molecule has 0 aliphatic carbocycles. The van der Waals surface area contributed by atoms with E-state index in [-0.39, 0.29) is 11.7 Å². The van der Waals surface area contributed by atoms with Crippen LogP contribution in [0, 0.1) is 0 Å². The van der Waals surface area contributed by atoms with Crippen LogP contribution in [-0.4, -0.2) is 34.2 Å². The monoisotopic (exact) mass is 416 g/mol. The minimum atomic E-state index is -0.422. The van der Waals surface area contributed by atoms with Crippen LogP contribution in [0.2, 0.25) is 5.02 Å². The standard InChI is InChI=1S/C19H17ClN4O3S/c1-27-16-8-6-15(7-9-16)24-11-10-21-19(24)28-12-17(25)22-23-18(26)13-2-4-14(20)5-3-13/h2-11H,12H2,1H3,(H,22,25)(H,23,26). The van der Waals surface area contributed by atoms with E-state index in [1.165, 1.54) is 11.8 Å². The summed E-state index contributed by atoms with van der Waals surface area (Å²) >= 11 is 7.04. The SMILES string of the molecule is COc1ccc(-n2ccnc2SCC(=O)NNC(=O)c2ccc(Cl)cc2)cc1. The van der Waals surface area contributed by atoms with Crippen molar-refractivity contribution in [1.29, 1.82) is 0 Å². The summed E-state index contributed by atoms with van der Waals surface area (Å²) < 4.78 is 7.02. The molecule has 0 radical (unpaired) electrons.